The Kier molecular flexibility index (Phi) is 9.58. The zero-order valence-corrected chi connectivity index (χ0v) is 18.8. The van der Waals surface area contributed by atoms with Gasteiger partial charge in [-0.2, -0.15) is 0 Å². The molecule has 0 saturated carbocycles. The maximum atomic E-state index is 11.2. The molecule has 0 aromatic carbocycles. The Morgan fingerprint density at radius 2 is 2.00 bits per heavy atom. The van der Waals surface area contributed by atoms with Gasteiger partial charge in [0.2, 0.25) is 5.91 Å². The lowest BCUT2D eigenvalue weighted by Gasteiger charge is -2.30. The second kappa shape index (κ2) is 11.4. The van der Waals surface area contributed by atoms with Gasteiger partial charge < -0.3 is 26.0 Å². The zero-order chi connectivity index (χ0) is 18.4. The molecule has 0 aromatic heterocycles. The van der Waals surface area contributed by atoms with Gasteiger partial charge in [0.05, 0.1) is 18.2 Å². The van der Waals surface area contributed by atoms with Gasteiger partial charge in [0.15, 0.2) is 5.96 Å². The van der Waals surface area contributed by atoms with Crippen molar-refractivity contribution in [2.45, 2.75) is 70.1 Å². The highest BCUT2D eigenvalue weighted by molar-refractivity contribution is 14.0. The Hall–Kier alpha value is -0.610. The van der Waals surface area contributed by atoms with E-state index in [1.54, 1.807) is 0 Å². The Balaban J connectivity index is 0.00000261. The van der Waals surface area contributed by atoms with Crippen LogP contribution in [0.5, 0.6) is 0 Å². The Morgan fingerprint density at radius 1 is 1.22 bits per heavy atom. The van der Waals surface area contributed by atoms with Gasteiger partial charge in [-0.05, 0) is 71.5 Å². The van der Waals surface area contributed by atoms with Gasteiger partial charge >= 0.3 is 0 Å². The highest BCUT2D eigenvalue weighted by atomic mass is 127. The second-order valence-electron chi connectivity index (χ2n) is 7.85. The van der Waals surface area contributed by atoms with E-state index < -0.39 is 0 Å². The van der Waals surface area contributed by atoms with Crippen LogP contribution in [-0.2, 0) is 9.53 Å². The first-order valence-corrected chi connectivity index (χ1v) is 10.4. The van der Waals surface area contributed by atoms with Crippen molar-refractivity contribution < 1.29 is 9.53 Å². The quantitative estimate of drug-likeness (QED) is 0.206. The molecule has 3 aliphatic heterocycles. The van der Waals surface area contributed by atoms with E-state index in [0.29, 0.717) is 18.2 Å². The second-order valence-corrected chi connectivity index (χ2v) is 7.85. The van der Waals surface area contributed by atoms with E-state index in [-0.39, 0.29) is 35.8 Å². The number of amides is 1. The van der Waals surface area contributed by atoms with Gasteiger partial charge in [-0.25, -0.2) is 0 Å². The van der Waals surface area contributed by atoms with E-state index in [0.717, 1.165) is 70.8 Å². The van der Waals surface area contributed by atoms with Crippen LogP contribution in [0.25, 0.3) is 0 Å². The Labute approximate surface area is 180 Å². The Bertz CT molecular complexity index is 496. The van der Waals surface area contributed by atoms with E-state index >= 15 is 0 Å². The molecule has 7 nitrogen and oxygen atoms in total. The molecule has 3 unspecified atom stereocenters. The molecule has 1 amide bonds. The summed E-state index contributed by atoms with van der Waals surface area (Å²) in [7, 11) is 0. The fraction of sp³-hybridized carbons (Fsp3) is 0.895. The largest absolute Gasteiger partial charge is 0.373 e. The van der Waals surface area contributed by atoms with Crippen LogP contribution in [0.3, 0.4) is 0 Å². The summed E-state index contributed by atoms with van der Waals surface area (Å²) in [5.74, 6) is 0.874. The molecule has 0 radical (unpaired) electrons. The average Bonchev–Trinajstić information content (AvgIpc) is 3.25. The van der Waals surface area contributed by atoms with Crippen LogP contribution in [0, 0.1) is 5.92 Å². The minimum Gasteiger partial charge on any atom is -0.373 e. The fourth-order valence-corrected chi connectivity index (χ4v) is 4.36. The van der Waals surface area contributed by atoms with E-state index in [1.807, 2.05) is 0 Å². The van der Waals surface area contributed by atoms with Crippen LogP contribution in [0.15, 0.2) is 4.99 Å². The fourth-order valence-electron chi connectivity index (χ4n) is 4.36. The number of halogens is 1. The zero-order valence-electron chi connectivity index (χ0n) is 16.5. The maximum absolute atomic E-state index is 11.2. The minimum absolute atomic E-state index is 0. The minimum atomic E-state index is -0.136. The normalized spacial score (nSPS) is 28.8. The molecule has 2 bridgehead atoms. The molecule has 156 valence electrons. The van der Waals surface area contributed by atoms with Gasteiger partial charge in [0, 0.05) is 19.0 Å². The molecule has 4 N–H and O–H groups in total. The SMILES string of the molecule is CCNC(=NCCCCN1CCC(C(N)=O)CC1)NC1CC2CCC1O2.I. The molecule has 27 heavy (non-hydrogen) atoms. The number of likely N-dealkylation sites (tertiary alicyclic amines) is 1. The number of nitrogens with zero attached hydrogens (tertiary/aromatic N) is 2. The number of primary amides is 1. The summed E-state index contributed by atoms with van der Waals surface area (Å²) in [4.78, 5) is 18.4. The number of guanidine groups is 1. The van der Waals surface area contributed by atoms with E-state index in [2.05, 4.69) is 22.5 Å². The number of rotatable bonds is 8. The van der Waals surface area contributed by atoms with Crippen LogP contribution < -0.4 is 16.4 Å². The van der Waals surface area contributed by atoms with Crippen LogP contribution in [0.1, 0.15) is 51.9 Å². The van der Waals surface area contributed by atoms with Crippen molar-refractivity contribution >= 4 is 35.8 Å². The lowest BCUT2D eigenvalue weighted by atomic mass is 9.96. The van der Waals surface area contributed by atoms with Crippen LogP contribution in [0.2, 0.25) is 0 Å². The topological polar surface area (TPSA) is 92.0 Å². The molecule has 3 fully saturated rings. The van der Waals surface area contributed by atoms with Crippen molar-refractivity contribution in [3.05, 3.63) is 0 Å². The van der Waals surface area contributed by atoms with E-state index in [4.69, 9.17) is 15.5 Å². The van der Waals surface area contributed by atoms with Crippen molar-refractivity contribution in [3.63, 3.8) is 0 Å². The van der Waals surface area contributed by atoms with Gasteiger partial charge in [0.1, 0.15) is 0 Å². The number of carbonyl (C=O) groups is 1. The first kappa shape index (κ1) is 22.7. The lowest BCUT2D eigenvalue weighted by molar-refractivity contribution is -0.123. The number of hydrogen-bond donors (Lipinski definition) is 3. The molecular weight excluding hydrogens is 457 g/mol. The number of unbranched alkanes of at least 4 members (excludes halogenated alkanes) is 1. The summed E-state index contributed by atoms with van der Waals surface area (Å²) in [6, 6.07) is 0.415. The van der Waals surface area contributed by atoms with Crippen LogP contribution in [0.4, 0.5) is 0 Å². The van der Waals surface area contributed by atoms with E-state index in [9.17, 15) is 4.79 Å². The standard InChI is InChI=1S/C19H35N5O2.HI/c1-2-21-19(23-16-13-15-5-6-17(16)26-15)22-9-3-4-10-24-11-7-14(8-12-24)18(20)25;/h14-17H,2-13H2,1H3,(H2,20,25)(H2,21,22,23);1H. The maximum Gasteiger partial charge on any atom is 0.220 e. The van der Waals surface area contributed by atoms with Crippen molar-refractivity contribution in [1.29, 1.82) is 0 Å². The number of hydrogen-bond acceptors (Lipinski definition) is 4. The summed E-state index contributed by atoms with van der Waals surface area (Å²) < 4.78 is 5.92. The van der Waals surface area contributed by atoms with Crippen LogP contribution in [-0.4, -0.2) is 67.7 Å². The highest BCUT2D eigenvalue weighted by Gasteiger charge is 2.41. The van der Waals surface area contributed by atoms with Gasteiger partial charge in [-0.3, -0.25) is 9.79 Å². The summed E-state index contributed by atoms with van der Waals surface area (Å²) in [5.41, 5.74) is 5.39. The van der Waals surface area contributed by atoms with Crippen LogP contribution >= 0.6 is 24.0 Å². The van der Waals surface area contributed by atoms with Gasteiger partial charge in [0.25, 0.3) is 0 Å². The number of fused-ring (bicyclic) bond motifs is 2. The van der Waals surface area contributed by atoms with Crippen molar-refractivity contribution in [2.24, 2.45) is 16.6 Å². The first-order chi connectivity index (χ1) is 12.7. The molecule has 3 atom stereocenters. The molecule has 8 heteroatoms. The lowest BCUT2D eigenvalue weighted by Crippen LogP contribution is -2.47. The third kappa shape index (κ3) is 6.74. The van der Waals surface area contributed by atoms with E-state index in [1.165, 1.54) is 12.8 Å². The summed E-state index contributed by atoms with van der Waals surface area (Å²) in [6.07, 6.45) is 8.37. The molecule has 3 saturated heterocycles. The summed E-state index contributed by atoms with van der Waals surface area (Å²) in [6.45, 7) is 6.89. The summed E-state index contributed by atoms with van der Waals surface area (Å²) in [5, 5.41) is 6.92. The number of ether oxygens (including phenoxy) is 1. The monoisotopic (exact) mass is 493 g/mol. The number of piperidine rings is 1. The molecule has 0 aromatic rings. The Morgan fingerprint density at radius 3 is 2.59 bits per heavy atom. The molecule has 3 heterocycles. The van der Waals surface area contributed by atoms with Gasteiger partial charge in [-0.15, -0.1) is 24.0 Å². The van der Waals surface area contributed by atoms with Crippen molar-refractivity contribution in [1.82, 2.24) is 15.5 Å². The van der Waals surface area contributed by atoms with Gasteiger partial charge in [-0.1, -0.05) is 0 Å². The first-order valence-electron chi connectivity index (χ1n) is 10.4. The van der Waals surface area contributed by atoms with Crippen molar-refractivity contribution in [2.75, 3.05) is 32.7 Å². The highest BCUT2D eigenvalue weighted by Crippen LogP contribution is 2.34. The number of nitrogens with one attached hydrogen (secondary N) is 2. The third-order valence-electron chi connectivity index (χ3n) is 5.91. The molecule has 0 aliphatic carbocycles. The van der Waals surface area contributed by atoms with Crippen molar-refractivity contribution in [3.8, 4) is 0 Å². The number of carbonyl (C=O) groups excluding carboxylic acids is 1. The average molecular weight is 493 g/mol. The molecule has 3 rings (SSSR count). The third-order valence-corrected chi connectivity index (χ3v) is 5.91. The molecular formula is C19H36IN5O2. The molecule has 3 aliphatic rings. The smallest absolute Gasteiger partial charge is 0.220 e. The number of nitrogens with two attached hydrogens (primary N) is 1. The predicted octanol–water partition coefficient (Wildman–Crippen LogP) is 1.46. The molecule has 0 spiro atoms. The predicted molar refractivity (Wildman–Crippen MR) is 118 cm³/mol. The number of aliphatic imine (C=N–C) groups is 1. The summed E-state index contributed by atoms with van der Waals surface area (Å²) >= 11 is 0.